The van der Waals surface area contributed by atoms with E-state index in [0.29, 0.717) is 0 Å². The van der Waals surface area contributed by atoms with E-state index in [9.17, 15) is 4.79 Å². The van der Waals surface area contributed by atoms with Crippen LogP contribution in [0.4, 0.5) is 0 Å². The van der Waals surface area contributed by atoms with Gasteiger partial charge in [0.25, 0.3) is 0 Å². The summed E-state index contributed by atoms with van der Waals surface area (Å²) in [6.45, 7) is 5.44. The largest absolute Gasteiger partial charge is 0.468 e. The number of carbonyl (C=O) groups is 1. The van der Waals surface area contributed by atoms with Gasteiger partial charge in [0.05, 0.1) is 7.11 Å². The Morgan fingerprint density at radius 2 is 2.46 bits per heavy atom. The maximum absolute atomic E-state index is 11.4. The van der Waals surface area contributed by atoms with Gasteiger partial charge in [0.2, 0.25) is 0 Å². The van der Waals surface area contributed by atoms with Crippen molar-refractivity contribution in [2.24, 2.45) is 0 Å². The number of carbonyl (C=O) groups excluding carboxylic acids is 1. The van der Waals surface area contributed by atoms with Crippen LogP contribution in [0, 0.1) is 0 Å². The monoisotopic (exact) mass is 183 g/mol. The lowest BCUT2D eigenvalue weighted by atomic mass is 10.0. The highest BCUT2D eigenvalue weighted by Crippen LogP contribution is 2.17. The summed E-state index contributed by atoms with van der Waals surface area (Å²) >= 11 is 0. The van der Waals surface area contributed by atoms with Crippen LogP contribution in [-0.4, -0.2) is 37.1 Å². The zero-order valence-corrected chi connectivity index (χ0v) is 8.16. The second-order valence-corrected chi connectivity index (χ2v) is 3.32. The van der Waals surface area contributed by atoms with Gasteiger partial charge in [-0.2, -0.15) is 0 Å². The molecule has 0 aromatic carbocycles. The van der Waals surface area contributed by atoms with Crippen molar-refractivity contribution >= 4 is 5.97 Å². The van der Waals surface area contributed by atoms with Crippen LogP contribution in [0.25, 0.3) is 0 Å². The molecule has 0 aromatic rings. The van der Waals surface area contributed by atoms with Gasteiger partial charge in [0, 0.05) is 6.54 Å². The lowest BCUT2D eigenvalue weighted by Gasteiger charge is -2.32. The fourth-order valence-corrected chi connectivity index (χ4v) is 1.78. The zero-order chi connectivity index (χ0) is 9.68. The molecule has 74 valence electrons. The fourth-order valence-electron chi connectivity index (χ4n) is 1.78. The quantitative estimate of drug-likeness (QED) is 0.486. The highest BCUT2D eigenvalue weighted by Gasteiger charge is 2.28. The van der Waals surface area contributed by atoms with Gasteiger partial charge in [-0.25, -0.2) is 0 Å². The lowest BCUT2D eigenvalue weighted by Crippen LogP contribution is -2.45. The molecular weight excluding hydrogens is 166 g/mol. The average Bonchev–Trinajstić information content (AvgIpc) is 2.18. The summed E-state index contributed by atoms with van der Waals surface area (Å²) in [6.07, 6.45) is 5.04. The third-order valence-corrected chi connectivity index (χ3v) is 2.45. The first-order valence-corrected chi connectivity index (χ1v) is 4.72. The normalized spacial score (nSPS) is 23.9. The Kier molecular flexibility index (Phi) is 3.96. The topological polar surface area (TPSA) is 29.5 Å². The highest BCUT2D eigenvalue weighted by atomic mass is 16.5. The lowest BCUT2D eigenvalue weighted by molar-refractivity contribution is -0.148. The van der Waals surface area contributed by atoms with Crippen LogP contribution < -0.4 is 0 Å². The molecule has 0 radical (unpaired) electrons. The van der Waals surface area contributed by atoms with E-state index in [1.807, 2.05) is 6.08 Å². The number of hydrogen-bond acceptors (Lipinski definition) is 3. The van der Waals surface area contributed by atoms with Crippen molar-refractivity contribution in [3.05, 3.63) is 12.7 Å². The number of ether oxygens (including phenoxy) is 1. The molecule has 1 heterocycles. The average molecular weight is 183 g/mol. The first kappa shape index (κ1) is 10.3. The smallest absolute Gasteiger partial charge is 0.323 e. The summed E-state index contributed by atoms with van der Waals surface area (Å²) in [5, 5.41) is 0. The van der Waals surface area contributed by atoms with E-state index in [4.69, 9.17) is 4.74 Å². The van der Waals surface area contributed by atoms with Gasteiger partial charge in [0.1, 0.15) is 6.04 Å². The molecule has 1 aliphatic heterocycles. The number of nitrogens with zero attached hydrogens (tertiary/aromatic N) is 1. The van der Waals surface area contributed by atoms with Gasteiger partial charge < -0.3 is 4.74 Å². The van der Waals surface area contributed by atoms with Crippen molar-refractivity contribution in [2.75, 3.05) is 20.2 Å². The first-order valence-electron chi connectivity index (χ1n) is 4.72. The molecule has 0 aromatic heterocycles. The molecule has 0 N–H and O–H groups in total. The minimum Gasteiger partial charge on any atom is -0.468 e. The van der Waals surface area contributed by atoms with Crippen LogP contribution in [-0.2, 0) is 9.53 Å². The molecule has 3 heteroatoms. The van der Waals surface area contributed by atoms with Gasteiger partial charge in [-0.1, -0.05) is 12.5 Å². The Hall–Kier alpha value is -0.830. The first-order chi connectivity index (χ1) is 6.29. The molecule has 0 aliphatic carbocycles. The summed E-state index contributed by atoms with van der Waals surface area (Å²) in [6, 6.07) is -0.0447. The number of rotatable bonds is 3. The van der Waals surface area contributed by atoms with Crippen molar-refractivity contribution in [3.8, 4) is 0 Å². The Labute approximate surface area is 79.4 Å². The second kappa shape index (κ2) is 5.02. The minimum absolute atomic E-state index is 0.0447. The maximum Gasteiger partial charge on any atom is 0.323 e. The maximum atomic E-state index is 11.4. The Morgan fingerprint density at radius 1 is 1.69 bits per heavy atom. The number of hydrogen-bond donors (Lipinski definition) is 0. The van der Waals surface area contributed by atoms with Crippen molar-refractivity contribution in [1.29, 1.82) is 0 Å². The van der Waals surface area contributed by atoms with E-state index in [1.54, 1.807) is 0 Å². The summed E-state index contributed by atoms with van der Waals surface area (Å²) in [5.74, 6) is -0.110. The summed E-state index contributed by atoms with van der Waals surface area (Å²) in [4.78, 5) is 13.5. The van der Waals surface area contributed by atoms with Gasteiger partial charge >= 0.3 is 5.97 Å². The standard InChI is InChI=1S/C10H17NO2/c1-3-7-11-8-5-4-6-9(11)10(12)13-2/h3,9H,1,4-8H2,2H3/t9-/m1/s1. The van der Waals surface area contributed by atoms with Crippen molar-refractivity contribution in [2.45, 2.75) is 25.3 Å². The van der Waals surface area contributed by atoms with Crippen molar-refractivity contribution < 1.29 is 9.53 Å². The van der Waals surface area contributed by atoms with Crippen LogP contribution >= 0.6 is 0 Å². The van der Waals surface area contributed by atoms with Crippen LogP contribution in [0.2, 0.25) is 0 Å². The number of esters is 1. The molecular formula is C10H17NO2. The molecule has 1 rings (SSSR count). The molecule has 1 fully saturated rings. The molecule has 0 spiro atoms. The molecule has 0 unspecified atom stereocenters. The van der Waals surface area contributed by atoms with Crippen LogP contribution in [0.1, 0.15) is 19.3 Å². The molecule has 0 bridgehead atoms. The van der Waals surface area contributed by atoms with Gasteiger partial charge in [-0.15, -0.1) is 6.58 Å². The fraction of sp³-hybridized carbons (Fsp3) is 0.700. The number of likely N-dealkylation sites (tertiary alicyclic amines) is 1. The third-order valence-electron chi connectivity index (χ3n) is 2.45. The van der Waals surface area contributed by atoms with Gasteiger partial charge in [-0.3, -0.25) is 9.69 Å². The summed E-state index contributed by atoms with van der Waals surface area (Å²) in [7, 11) is 1.45. The predicted octanol–water partition coefficient (Wildman–Crippen LogP) is 1.20. The summed E-state index contributed by atoms with van der Waals surface area (Å²) < 4.78 is 4.75. The number of methoxy groups -OCH3 is 1. The van der Waals surface area contributed by atoms with E-state index in [0.717, 1.165) is 25.9 Å². The Morgan fingerprint density at radius 3 is 3.08 bits per heavy atom. The molecule has 1 aliphatic rings. The van der Waals surface area contributed by atoms with Gasteiger partial charge in [0.15, 0.2) is 0 Å². The Bertz CT molecular complexity index is 191. The molecule has 0 amide bonds. The van der Waals surface area contributed by atoms with E-state index in [-0.39, 0.29) is 12.0 Å². The predicted molar refractivity (Wildman–Crippen MR) is 51.4 cm³/mol. The molecule has 1 saturated heterocycles. The third kappa shape index (κ3) is 2.56. The summed E-state index contributed by atoms with van der Waals surface area (Å²) in [5.41, 5.74) is 0. The minimum atomic E-state index is -0.110. The molecule has 0 saturated carbocycles. The number of piperidine rings is 1. The van der Waals surface area contributed by atoms with E-state index in [1.165, 1.54) is 13.5 Å². The van der Waals surface area contributed by atoms with E-state index >= 15 is 0 Å². The molecule has 13 heavy (non-hydrogen) atoms. The van der Waals surface area contributed by atoms with Gasteiger partial charge in [-0.05, 0) is 19.4 Å². The highest BCUT2D eigenvalue weighted by molar-refractivity contribution is 5.75. The molecule has 1 atom stereocenters. The van der Waals surface area contributed by atoms with Crippen LogP contribution in [0.5, 0.6) is 0 Å². The Balaban J connectivity index is 2.55. The molecule has 3 nitrogen and oxygen atoms in total. The van der Waals surface area contributed by atoms with Crippen molar-refractivity contribution in [3.63, 3.8) is 0 Å². The zero-order valence-electron chi connectivity index (χ0n) is 8.16. The van der Waals surface area contributed by atoms with E-state index in [2.05, 4.69) is 11.5 Å². The van der Waals surface area contributed by atoms with Crippen molar-refractivity contribution in [1.82, 2.24) is 4.90 Å². The van der Waals surface area contributed by atoms with E-state index < -0.39 is 0 Å². The SMILES string of the molecule is C=CCN1CCCC[C@@H]1C(=O)OC. The van der Waals surface area contributed by atoms with Crippen LogP contribution in [0.15, 0.2) is 12.7 Å². The second-order valence-electron chi connectivity index (χ2n) is 3.32. The van der Waals surface area contributed by atoms with Crippen LogP contribution in [0.3, 0.4) is 0 Å².